The molecule has 0 saturated carbocycles. The predicted octanol–water partition coefficient (Wildman–Crippen LogP) is 5.78. The Morgan fingerprint density at radius 1 is 1.21 bits per heavy atom. The Kier molecular flexibility index (Phi) is 7.50. The minimum Gasteiger partial charge on any atom is -0.484 e. The van der Waals surface area contributed by atoms with E-state index in [1.54, 1.807) is 44.2 Å². The summed E-state index contributed by atoms with van der Waals surface area (Å²) in [5, 5.41) is 5.99. The van der Waals surface area contributed by atoms with Gasteiger partial charge >= 0.3 is 5.97 Å². The molecular weight excluding hydrogens is 497 g/mol. The molecule has 2 aromatic carbocycles. The number of amidine groups is 1. The number of fused-ring (bicyclic) bond motifs is 1. The summed E-state index contributed by atoms with van der Waals surface area (Å²) >= 11 is 13.6. The molecule has 1 N–H and O–H groups in total. The highest BCUT2D eigenvalue weighted by Gasteiger charge is 2.37. The van der Waals surface area contributed by atoms with E-state index in [4.69, 9.17) is 32.7 Å². The molecule has 0 aliphatic carbocycles. The van der Waals surface area contributed by atoms with Gasteiger partial charge in [0.2, 0.25) is 0 Å². The SMILES string of the molecule is CCOC(=O)C1=C(C)N=C2SC=CN2[C@H]1c1cccc(OCC(=O)Nc2cccc(Cl)c2Cl)c1. The second-order valence-electron chi connectivity index (χ2n) is 7.34. The molecule has 2 aliphatic rings. The van der Waals surface area contributed by atoms with Crippen LogP contribution in [0.25, 0.3) is 0 Å². The number of esters is 1. The summed E-state index contributed by atoms with van der Waals surface area (Å²) in [6.07, 6.45) is 1.88. The maximum atomic E-state index is 12.8. The van der Waals surface area contributed by atoms with Gasteiger partial charge in [-0.05, 0) is 49.1 Å². The Morgan fingerprint density at radius 3 is 2.79 bits per heavy atom. The van der Waals surface area contributed by atoms with E-state index in [1.165, 1.54) is 11.8 Å². The van der Waals surface area contributed by atoms with Crippen molar-refractivity contribution in [3.63, 3.8) is 0 Å². The third-order valence-corrected chi connectivity index (χ3v) is 6.67. The molecule has 0 bridgehead atoms. The molecule has 0 radical (unpaired) electrons. The van der Waals surface area contributed by atoms with E-state index in [-0.39, 0.29) is 24.1 Å². The number of amides is 1. The van der Waals surface area contributed by atoms with Crippen molar-refractivity contribution in [3.8, 4) is 5.75 Å². The van der Waals surface area contributed by atoms with E-state index in [9.17, 15) is 9.59 Å². The number of rotatable bonds is 7. The van der Waals surface area contributed by atoms with Crippen LogP contribution < -0.4 is 10.1 Å². The fourth-order valence-electron chi connectivity index (χ4n) is 3.61. The summed E-state index contributed by atoms with van der Waals surface area (Å²) in [5.74, 6) is -0.323. The topological polar surface area (TPSA) is 80.2 Å². The van der Waals surface area contributed by atoms with Gasteiger partial charge in [-0.3, -0.25) is 4.79 Å². The minimum atomic E-state index is -0.430. The number of nitrogens with zero attached hydrogens (tertiary/aromatic N) is 2. The van der Waals surface area contributed by atoms with Crippen molar-refractivity contribution in [3.05, 3.63) is 81.0 Å². The van der Waals surface area contributed by atoms with Crippen molar-refractivity contribution in [1.82, 2.24) is 4.90 Å². The summed E-state index contributed by atoms with van der Waals surface area (Å²) in [7, 11) is 0. The van der Waals surface area contributed by atoms with Crippen LogP contribution in [-0.4, -0.2) is 35.2 Å². The first-order chi connectivity index (χ1) is 16.4. The Hall–Kier alpha value is -2.94. The third kappa shape index (κ3) is 5.09. The first-order valence-corrected chi connectivity index (χ1v) is 12.1. The van der Waals surface area contributed by atoms with Gasteiger partial charge in [0.1, 0.15) is 5.75 Å². The lowest BCUT2D eigenvalue weighted by atomic mass is 9.94. The van der Waals surface area contributed by atoms with Crippen molar-refractivity contribution < 1.29 is 19.1 Å². The van der Waals surface area contributed by atoms with Gasteiger partial charge in [-0.2, -0.15) is 0 Å². The zero-order chi connectivity index (χ0) is 24.2. The van der Waals surface area contributed by atoms with E-state index in [2.05, 4.69) is 10.3 Å². The number of hydrogen-bond acceptors (Lipinski definition) is 7. The molecule has 0 spiro atoms. The second kappa shape index (κ2) is 10.5. The van der Waals surface area contributed by atoms with Gasteiger partial charge in [0.05, 0.1) is 39.7 Å². The summed E-state index contributed by atoms with van der Waals surface area (Å²) in [5.41, 5.74) is 2.28. The van der Waals surface area contributed by atoms with E-state index in [0.717, 1.165) is 10.7 Å². The number of nitrogens with one attached hydrogen (secondary N) is 1. The monoisotopic (exact) mass is 517 g/mol. The number of halogens is 2. The summed E-state index contributed by atoms with van der Waals surface area (Å²) in [6, 6.07) is 11.8. The molecule has 7 nitrogen and oxygen atoms in total. The van der Waals surface area contributed by atoms with Crippen LogP contribution in [0.15, 0.2) is 70.3 Å². The Morgan fingerprint density at radius 2 is 2.00 bits per heavy atom. The van der Waals surface area contributed by atoms with Gasteiger partial charge < -0.3 is 19.7 Å². The molecule has 2 aromatic rings. The van der Waals surface area contributed by atoms with E-state index in [0.29, 0.717) is 27.7 Å². The molecule has 2 heterocycles. The lowest BCUT2D eigenvalue weighted by Crippen LogP contribution is -2.34. The molecule has 0 saturated heterocycles. The summed E-state index contributed by atoms with van der Waals surface area (Å²) in [4.78, 5) is 31.7. The second-order valence-corrected chi connectivity index (χ2v) is 9.00. The molecule has 10 heteroatoms. The van der Waals surface area contributed by atoms with Gasteiger partial charge in [0, 0.05) is 6.20 Å². The van der Waals surface area contributed by atoms with E-state index >= 15 is 0 Å². The van der Waals surface area contributed by atoms with Crippen molar-refractivity contribution in [2.45, 2.75) is 19.9 Å². The molecular formula is C24H21Cl2N3O4S. The van der Waals surface area contributed by atoms with Crippen LogP contribution in [0.4, 0.5) is 5.69 Å². The molecule has 0 fully saturated rings. The van der Waals surface area contributed by atoms with Crippen LogP contribution in [0.1, 0.15) is 25.5 Å². The predicted molar refractivity (Wildman–Crippen MR) is 135 cm³/mol. The highest BCUT2D eigenvalue weighted by molar-refractivity contribution is 8.16. The first kappa shape index (κ1) is 24.2. The van der Waals surface area contributed by atoms with Gasteiger partial charge in [0.25, 0.3) is 5.91 Å². The number of thioether (sulfide) groups is 1. The largest absolute Gasteiger partial charge is 0.484 e. The average molecular weight is 518 g/mol. The number of benzene rings is 2. The summed E-state index contributed by atoms with van der Waals surface area (Å²) < 4.78 is 11.0. The van der Waals surface area contributed by atoms with Crippen LogP contribution in [0.2, 0.25) is 10.0 Å². The van der Waals surface area contributed by atoms with E-state index < -0.39 is 12.0 Å². The van der Waals surface area contributed by atoms with E-state index in [1.807, 2.05) is 28.6 Å². The fraction of sp³-hybridized carbons (Fsp3) is 0.208. The van der Waals surface area contributed by atoms with Crippen LogP contribution in [-0.2, 0) is 14.3 Å². The highest BCUT2D eigenvalue weighted by atomic mass is 35.5. The zero-order valence-corrected chi connectivity index (χ0v) is 20.7. The van der Waals surface area contributed by atoms with Crippen molar-refractivity contribution in [2.75, 3.05) is 18.5 Å². The molecule has 0 aromatic heterocycles. The van der Waals surface area contributed by atoms with Crippen LogP contribution in [0, 0.1) is 0 Å². The zero-order valence-electron chi connectivity index (χ0n) is 18.4. The third-order valence-electron chi connectivity index (χ3n) is 5.09. The van der Waals surface area contributed by atoms with Crippen LogP contribution in [0.5, 0.6) is 5.75 Å². The lowest BCUT2D eigenvalue weighted by molar-refractivity contribution is -0.139. The molecule has 0 unspecified atom stereocenters. The maximum absolute atomic E-state index is 12.8. The standard InChI is InChI=1S/C24H21Cl2N3O4S/c1-3-32-23(31)20-14(2)27-24-29(10-11-34-24)22(20)15-6-4-7-16(12-15)33-13-19(30)28-18-9-5-8-17(25)21(18)26/h4-12,22H,3,13H2,1-2H3,(H,28,30)/t22-/m0/s1. The van der Waals surface area contributed by atoms with Crippen molar-refractivity contribution >= 4 is 57.7 Å². The number of anilines is 1. The number of allylic oxidation sites excluding steroid dienone is 1. The number of hydrogen-bond donors (Lipinski definition) is 1. The van der Waals surface area contributed by atoms with Crippen molar-refractivity contribution in [2.24, 2.45) is 4.99 Å². The fourth-order valence-corrected chi connectivity index (χ4v) is 4.75. The van der Waals surface area contributed by atoms with Crippen LogP contribution in [0.3, 0.4) is 0 Å². The number of carbonyl (C=O) groups excluding carboxylic acids is 2. The van der Waals surface area contributed by atoms with Gasteiger partial charge in [-0.1, -0.05) is 53.2 Å². The Balaban J connectivity index is 1.53. The average Bonchev–Trinajstić information content (AvgIpc) is 3.28. The highest BCUT2D eigenvalue weighted by Crippen LogP contribution is 2.41. The normalized spacial score (nSPS) is 16.8. The first-order valence-electron chi connectivity index (χ1n) is 10.4. The van der Waals surface area contributed by atoms with Gasteiger partial charge in [-0.15, -0.1) is 0 Å². The molecule has 1 amide bonds. The van der Waals surface area contributed by atoms with Gasteiger partial charge in [-0.25, -0.2) is 9.79 Å². The van der Waals surface area contributed by atoms with Crippen LogP contribution >= 0.6 is 35.0 Å². The Labute approximate surface area is 211 Å². The summed E-state index contributed by atoms with van der Waals surface area (Å²) in [6.45, 7) is 3.59. The number of aliphatic imine (C=N–C) groups is 1. The number of carbonyl (C=O) groups is 2. The molecule has 1 atom stereocenters. The minimum absolute atomic E-state index is 0.233. The molecule has 34 heavy (non-hydrogen) atoms. The molecule has 176 valence electrons. The lowest BCUT2D eigenvalue weighted by Gasteiger charge is -2.33. The maximum Gasteiger partial charge on any atom is 0.338 e. The molecule has 4 rings (SSSR count). The number of ether oxygens (including phenoxy) is 2. The smallest absolute Gasteiger partial charge is 0.338 e. The quantitative estimate of drug-likeness (QED) is 0.469. The van der Waals surface area contributed by atoms with Crippen molar-refractivity contribution in [1.29, 1.82) is 0 Å². The molecule has 2 aliphatic heterocycles. The Bertz CT molecular complexity index is 1230. The van der Waals surface area contributed by atoms with Gasteiger partial charge in [0.15, 0.2) is 11.8 Å².